The molecular weight excluding hydrogens is 102 g/mol. The topological polar surface area (TPSA) is 21.6 Å². The Balaban J connectivity index is 2.51. The summed E-state index contributed by atoms with van der Waals surface area (Å²) in [5, 5.41) is 0. The van der Waals surface area contributed by atoms with Crippen LogP contribution in [0.2, 0.25) is 0 Å². The summed E-state index contributed by atoms with van der Waals surface area (Å²) in [6.07, 6.45) is 5.00. The van der Waals surface area contributed by atoms with E-state index in [1.54, 1.807) is 7.11 Å². The Kier molecular flexibility index (Phi) is 1.67. The highest BCUT2D eigenvalue weighted by molar-refractivity contribution is 5.88. The quantitative estimate of drug-likeness (QED) is 0.457. The molecule has 0 aromatic heterocycles. The van der Waals surface area contributed by atoms with Gasteiger partial charge in [0.1, 0.15) is 0 Å². The van der Waals surface area contributed by atoms with Crippen molar-refractivity contribution in [1.82, 2.24) is 0 Å². The zero-order chi connectivity index (χ0) is 5.82. The Hall–Kier alpha value is -0.790. The largest absolute Gasteiger partial charge is 0.481 e. The SMILES string of the molecule is COC1=NCCC=C1. The van der Waals surface area contributed by atoms with Gasteiger partial charge in [-0.05, 0) is 12.5 Å². The molecule has 0 unspecified atom stereocenters. The first-order valence-electron chi connectivity index (χ1n) is 2.68. The Morgan fingerprint density at radius 1 is 1.75 bits per heavy atom. The number of rotatable bonds is 0. The number of hydrogen-bond donors (Lipinski definition) is 0. The zero-order valence-corrected chi connectivity index (χ0v) is 4.92. The maximum absolute atomic E-state index is 4.85. The number of dihydropyridines is 1. The minimum atomic E-state index is 0.747. The number of ether oxygens (including phenoxy) is 1. The highest BCUT2D eigenvalue weighted by atomic mass is 16.5. The van der Waals surface area contributed by atoms with Crippen LogP contribution in [0.15, 0.2) is 17.1 Å². The fraction of sp³-hybridized carbons (Fsp3) is 0.500. The van der Waals surface area contributed by atoms with Gasteiger partial charge in [-0.1, -0.05) is 6.08 Å². The first-order chi connectivity index (χ1) is 3.93. The fourth-order valence-electron chi connectivity index (χ4n) is 0.619. The normalized spacial score (nSPS) is 17.9. The standard InChI is InChI=1S/C6H9NO/c1-8-6-4-2-3-5-7-6/h2,4H,3,5H2,1H3. The van der Waals surface area contributed by atoms with Crippen molar-refractivity contribution in [2.75, 3.05) is 13.7 Å². The molecule has 0 amide bonds. The van der Waals surface area contributed by atoms with Crippen molar-refractivity contribution in [3.8, 4) is 0 Å². The van der Waals surface area contributed by atoms with E-state index in [1.807, 2.05) is 6.08 Å². The van der Waals surface area contributed by atoms with Crippen molar-refractivity contribution in [1.29, 1.82) is 0 Å². The monoisotopic (exact) mass is 111 g/mol. The maximum Gasteiger partial charge on any atom is 0.207 e. The molecule has 8 heavy (non-hydrogen) atoms. The molecule has 0 bridgehead atoms. The van der Waals surface area contributed by atoms with Gasteiger partial charge in [0.2, 0.25) is 5.90 Å². The van der Waals surface area contributed by atoms with E-state index in [4.69, 9.17) is 4.74 Å². The Morgan fingerprint density at radius 2 is 2.62 bits per heavy atom. The average molecular weight is 111 g/mol. The molecular formula is C6H9NO. The smallest absolute Gasteiger partial charge is 0.207 e. The summed E-state index contributed by atoms with van der Waals surface area (Å²) >= 11 is 0. The molecule has 0 atom stereocenters. The van der Waals surface area contributed by atoms with Crippen LogP contribution in [-0.4, -0.2) is 19.6 Å². The lowest BCUT2D eigenvalue weighted by molar-refractivity contribution is 0.403. The molecule has 0 saturated heterocycles. The van der Waals surface area contributed by atoms with Gasteiger partial charge in [-0.15, -0.1) is 0 Å². The lowest BCUT2D eigenvalue weighted by Crippen LogP contribution is -2.01. The van der Waals surface area contributed by atoms with E-state index >= 15 is 0 Å². The predicted molar refractivity (Wildman–Crippen MR) is 33.1 cm³/mol. The van der Waals surface area contributed by atoms with E-state index in [1.165, 1.54) is 0 Å². The maximum atomic E-state index is 4.85. The summed E-state index contributed by atoms with van der Waals surface area (Å²) in [5.41, 5.74) is 0. The minimum Gasteiger partial charge on any atom is -0.481 e. The van der Waals surface area contributed by atoms with Gasteiger partial charge < -0.3 is 4.74 Å². The highest BCUT2D eigenvalue weighted by Crippen LogP contribution is 1.95. The molecule has 0 spiro atoms. The second-order valence-corrected chi connectivity index (χ2v) is 1.62. The van der Waals surface area contributed by atoms with Crippen molar-refractivity contribution in [3.63, 3.8) is 0 Å². The van der Waals surface area contributed by atoms with Crippen LogP contribution < -0.4 is 0 Å². The molecule has 1 aliphatic heterocycles. The molecule has 0 aliphatic carbocycles. The van der Waals surface area contributed by atoms with Crippen LogP contribution in [0, 0.1) is 0 Å². The molecule has 0 saturated carbocycles. The summed E-state index contributed by atoms with van der Waals surface area (Å²) in [4.78, 5) is 4.06. The third kappa shape index (κ3) is 1.09. The van der Waals surface area contributed by atoms with Crippen molar-refractivity contribution in [2.24, 2.45) is 4.99 Å². The van der Waals surface area contributed by atoms with Gasteiger partial charge in [-0.3, -0.25) is 4.99 Å². The Bertz CT molecular complexity index is 126. The van der Waals surface area contributed by atoms with Crippen LogP contribution >= 0.6 is 0 Å². The van der Waals surface area contributed by atoms with E-state index < -0.39 is 0 Å². The molecule has 2 nitrogen and oxygen atoms in total. The molecule has 0 fully saturated rings. The van der Waals surface area contributed by atoms with Gasteiger partial charge in [-0.25, -0.2) is 0 Å². The van der Waals surface area contributed by atoms with Gasteiger partial charge in [0.25, 0.3) is 0 Å². The van der Waals surface area contributed by atoms with Gasteiger partial charge >= 0.3 is 0 Å². The molecule has 1 aliphatic rings. The second kappa shape index (κ2) is 2.50. The summed E-state index contributed by atoms with van der Waals surface area (Å²) in [5.74, 6) is 0.747. The zero-order valence-electron chi connectivity index (χ0n) is 4.92. The van der Waals surface area contributed by atoms with E-state index in [-0.39, 0.29) is 0 Å². The van der Waals surface area contributed by atoms with Gasteiger partial charge in [0, 0.05) is 6.54 Å². The van der Waals surface area contributed by atoms with Crippen molar-refractivity contribution in [2.45, 2.75) is 6.42 Å². The summed E-state index contributed by atoms with van der Waals surface area (Å²) in [6, 6.07) is 0. The van der Waals surface area contributed by atoms with Gasteiger partial charge in [0.15, 0.2) is 0 Å². The fourth-order valence-corrected chi connectivity index (χ4v) is 0.619. The van der Waals surface area contributed by atoms with Crippen LogP contribution in [-0.2, 0) is 4.74 Å². The number of aliphatic imine (C=N–C) groups is 1. The summed E-state index contributed by atoms with van der Waals surface area (Å²) < 4.78 is 4.85. The molecule has 0 aromatic carbocycles. The molecule has 0 N–H and O–H groups in total. The Morgan fingerprint density at radius 3 is 3.00 bits per heavy atom. The van der Waals surface area contributed by atoms with Crippen molar-refractivity contribution in [3.05, 3.63) is 12.2 Å². The van der Waals surface area contributed by atoms with E-state index in [0.29, 0.717) is 0 Å². The van der Waals surface area contributed by atoms with Crippen LogP contribution in [0.25, 0.3) is 0 Å². The minimum absolute atomic E-state index is 0.747. The van der Waals surface area contributed by atoms with Crippen LogP contribution in [0.4, 0.5) is 0 Å². The van der Waals surface area contributed by atoms with E-state index in [2.05, 4.69) is 11.1 Å². The van der Waals surface area contributed by atoms with Crippen LogP contribution in [0.5, 0.6) is 0 Å². The molecule has 1 heterocycles. The van der Waals surface area contributed by atoms with E-state index in [0.717, 1.165) is 18.9 Å². The highest BCUT2D eigenvalue weighted by Gasteiger charge is 1.93. The second-order valence-electron chi connectivity index (χ2n) is 1.62. The molecule has 1 rings (SSSR count). The summed E-state index contributed by atoms with van der Waals surface area (Å²) in [7, 11) is 1.63. The van der Waals surface area contributed by atoms with Crippen molar-refractivity contribution < 1.29 is 4.74 Å². The van der Waals surface area contributed by atoms with Crippen LogP contribution in [0.1, 0.15) is 6.42 Å². The molecule has 44 valence electrons. The number of methoxy groups -OCH3 is 1. The molecule has 0 aromatic rings. The lowest BCUT2D eigenvalue weighted by atomic mass is 10.3. The third-order valence-corrected chi connectivity index (χ3v) is 1.03. The lowest BCUT2D eigenvalue weighted by Gasteiger charge is -2.01. The van der Waals surface area contributed by atoms with E-state index in [9.17, 15) is 0 Å². The number of nitrogens with zero attached hydrogens (tertiary/aromatic N) is 1. The molecule has 2 heteroatoms. The van der Waals surface area contributed by atoms with Crippen molar-refractivity contribution >= 4 is 5.90 Å². The molecule has 0 radical (unpaired) electrons. The first kappa shape index (κ1) is 5.35. The predicted octanol–water partition coefficient (Wildman–Crippen LogP) is 0.991. The summed E-state index contributed by atoms with van der Waals surface area (Å²) in [6.45, 7) is 0.875. The third-order valence-electron chi connectivity index (χ3n) is 1.03. The van der Waals surface area contributed by atoms with Gasteiger partial charge in [-0.2, -0.15) is 0 Å². The van der Waals surface area contributed by atoms with Gasteiger partial charge in [0.05, 0.1) is 7.11 Å². The van der Waals surface area contributed by atoms with Crippen LogP contribution in [0.3, 0.4) is 0 Å². The average Bonchev–Trinajstić information content (AvgIpc) is 1.90. The number of hydrogen-bond acceptors (Lipinski definition) is 2. The Labute approximate surface area is 48.9 Å². The first-order valence-corrected chi connectivity index (χ1v) is 2.68.